The second kappa shape index (κ2) is 4.90. The number of hydrogen-bond donors (Lipinski definition) is 1. The normalized spacial score (nSPS) is 15.4. The number of rotatable bonds is 2. The Labute approximate surface area is 101 Å². The number of hydrogen-bond acceptors (Lipinski definition) is 1. The number of thiol groups is 1. The molecular weight excluding hydrogens is 222 g/mol. The van der Waals surface area contributed by atoms with Crippen LogP contribution in [0.25, 0.3) is 0 Å². The minimum Gasteiger partial charge on any atom is -0.228 e. The van der Waals surface area contributed by atoms with Gasteiger partial charge < -0.3 is 0 Å². The highest BCUT2D eigenvalue weighted by Crippen LogP contribution is 2.10. The van der Waals surface area contributed by atoms with E-state index in [1.807, 2.05) is 18.2 Å². The van der Waals surface area contributed by atoms with E-state index in [0.717, 1.165) is 18.8 Å². The maximum absolute atomic E-state index is 5.22. The summed E-state index contributed by atoms with van der Waals surface area (Å²) in [5, 5.41) is 0. The van der Waals surface area contributed by atoms with Crippen LogP contribution in [-0.2, 0) is 0 Å². The number of nitrogens with zero attached hydrogens (tertiary/aromatic N) is 1. The highest BCUT2D eigenvalue weighted by atomic mass is 32.1. The van der Waals surface area contributed by atoms with Gasteiger partial charge in [0.25, 0.3) is 0 Å². The van der Waals surface area contributed by atoms with Gasteiger partial charge in [-0.1, -0.05) is 30.4 Å². The first-order valence-electron chi connectivity index (χ1n) is 5.19. The quantitative estimate of drug-likeness (QED) is 0.469. The van der Waals surface area contributed by atoms with Crippen LogP contribution >= 0.6 is 24.8 Å². The molecule has 78 valence electrons. The maximum atomic E-state index is 5.22. The van der Waals surface area contributed by atoms with E-state index < -0.39 is 0 Å². The van der Waals surface area contributed by atoms with E-state index >= 15 is 0 Å². The first-order valence-corrected chi connectivity index (χ1v) is 6.05. The second-order valence-electron chi connectivity index (χ2n) is 3.71. The van der Waals surface area contributed by atoms with Crippen LogP contribution in [0.3, 0.4) is 0 Å². The van der Waals surface area contributed by atoms with Gasteiger partial charge in [-0.25, -0.2) is 4.58 Å². The molecule has 0 radical (unpaired) electrons. The first kappa shape index (κ1) is 10.8. The van der Waals surface area contributed by atoms with Crippen LogP contribution in [0.1, 0.15) is 18.4 Å². The predicted molar refractivity (Wildman–Crippen MR) is 71.4 cm³/mol. The summed E-state index contributed by atoms with van der Waals surface area (Å²) >= 11 is 9.55. The van der Waals surface area contributed by atoms with Gasteiger partial charge in [-0.2, -0.15) is 0 Å². The van der Waals surface area contributed by atoms with Crippen molar-refractivity contribution in [1.29, 1.82) is 0 Å². The lowest BCUT2D eigenvalue weighted by molar-refractivity contribution is -0.503. The average molecular weight is 236 g/mol. The zero-order valence-corrected chi connectivity index (χ0v) is 10.2. The minimum atomic E-state index is 0.697. The fourth-order valence-corrected chi connectivity index (χ4v) is 2.50. The molecule has 1 aliphatic heterocycles. The Hall–Kier alpha value is -0.670. The van der Waals surface area contributed by atoms with Gasteiger partial charge in [0.1, 0.15) is 17.3 Å². The van der Waals surface area contributed by atoms with Crippen LogP contribution in [0.2, 0.25) is 0 Å². The SMILES string of the molecule is S=C(S)C(c1ccccc1)=[N+]1CCCC1. The van der Waals surface area contributed by atoms with Crippen LogP contribution in [0.15, 0.2) is 30.3 Å². The van der Waals surface area contributed by atoms with Crippen LogP contribution in [0.4, 0.5) is 0 Å². The Balaban J connectivity index is 2.45. The zero-order chi connectivity index (χ0) is 10.7. The molecule has 0 saturated carbocycles. The van der Waals surface area contributed by atoms with Crippen molar-refractivity contribution >= 4 is 34.8 Å². The topological polar surface area (TPSA) is 3.01 Å². The average Bonchev–Trinajstić information content (AvgIpc) is 2.72. The molecule has 1 fully saturated rings. The number of benzene rings is 1. The second-order valence-corrected chi connectivity index (χ2v) is 4.87. The van der Waals surface area contributed by atoms with Gasteiger partial charge in [0.15, 0.2) is 0 Å². The van der Waals surface area contributed by atoms with E-state index in [1.54, 1.807) is 0 Å². The lowest BCUT2D eigenvalue weighted by atomic mass is 10.1. The van der Waals surface area contributed by atoms with Gasteiger partial charge in [0, 0.05) is 18.4 Å². The molecule has 15 heavy (non-hydrogen) atoms. The lowest BCUT2D eigenvalue weighted by Gasteiger charge is -2.03. The van der Waals surface area contributed by atoms with Gasteiger partial charge >= 0.3 is 0 Å². The third-order valence-corrected chi connectivity index (χ3v) is 3.08. The molecule has 0 N–H and O–H groups in total. The molecule has 0 bridgehead atoms. The summed E-state index contributed by atoms with van der Waals surface area (Å²) in [5.74, 6) is 0. The van der Waals surface area contributed by atoms with Crippen LogP contribution in [-0.4, -0.2) is 27.6 Å². The molecule has 0 spiro atoms. The van der Waals surface area contributed by atoms with Crippen molar-refractivity contribution in [3.05, 3.63) is 35.9 Å². The van der Waals surface area contributed by atoms with Gasteiger partial charge in [-0.05, 0) is 12.1 Å². The fraction of sp³-hybridized carbons (Fsp3) is 0.333. The van der Waals surface area contributed by atoms with Gasteiger partial charge in [0.05, 0.1) is 0 Å². The molecule has 1 aliphatic rings. The van der Waals surface area contributed by atoms with Crippen molar-refractivity contribution in [3.63, 3.8) is 0 Å². The Morgan fingerprint density at radius 3 is 2.27 bits per heavy atom. The summed E-state index contributed by atoms with van der Waals surface area (Å²) in [6.07, 6.45) is 2.51. The highest BCUT2D eigenvalue weighted by Gasteiger charge is 2.22. The molecule has 1 saturated heterocycles. The van der Waals surface area contributed by atoms with E-state index in [0.29, 0.717) is 4.20 Å². The van der Waals surface area contributed by atoms with Crippen molar-refractivity contribution in [1.82, 2.24) is 0 Å². The number of thiocarbonyl (C=S) groups is 1. The first-order chi connectivity index (χ1) is 7.29. The fourth-order valence-electron chi connectivity index (χ4n) is 1.98. The molecule has 1 aromatic carbocycles. The third kappa shape index (κ3) is 2.47. The highest BCUT2D eigenvalue weighted by molar-refractivity contribution is 8.13. The molecule has 0 aromatic heterocycles. The van der Waals surface area contributed by atoms with Crippen LogP contribution in [0.5, 0.6) is 0 Å². The maximum Gasteiger partial charge on any atom is 0.231 e. The summed E-state index contributed by atoms with van der Waals surface area (Å²) in [7, 11) is 0. The summed E-state index contributed by atoms with van der Waals surface area (Å²) in [6, 6.07) is 10.3. The van der Waals surface area contributed by atoms with E-state index in [9.17, 15) is 0 Å². The molecule has 0 aliphatic carbocycles. The third-order valence-electron chi connectivity index (χ3n) is 2.67. The molecule has 3 heteroatoms. The zero-order valence-electron chi connectivity index (χ0n) is 8.52. The Bertz CT molecular complexity index is 387. The summed E-state index contributed by atoms with van der Waals surface area (Å²) in [4.78, 5) is 0. The van der Waals surface area contributed by atoms with Crippen molar-refractivity contribution in [3.8, 4) is 0 Å². The molecular formula is C12H14NS2+. The lowest BCUT2D eigenvalue weighted by Crippen LogP contribution is -2.23. The predicted octanol–water partition coefficient (Wildman–Crippen LogP) is 2.54. The van der Waals surface area contributed by atoms with Crippen molar-refractivity contribution in [2.45, 2.75) is 12.8 Å². The van der Waals surface area contributed by atoms with E-state index in [-0.39, 0.29) is 0 Å². The van der Waals surface area contributed by atoms with Crippen molar-refractivity contribution < 1.29 is 4.58 Å². The van der Waals surface area contributed by atoms with Gasteiger partial charge in [-0.3, -0.25) is 0 Å². The Morgan fingerprint density at radius 1 is 1.13 bits per heavy atom. The Kier molecular flexibility index (Phi) is 3.54. The molecule has 0 atom stereocenters. The van der Waals surface area contributed by atoms with E-state index in [2.05, 4.69) is 29.3 Å². The molecule has 0 unspecified atom stereocenters. The minimum absolute atomic E-state index is 0.697. The summed E-state index contributed by atoms with van der Waals surface area (Å²) in [6.45, 7) is 2.20. The van der Waals surface area contributed by atoms with Crippen molar-refractivity contribution in [2.75, 3.05) is 13.1 Å². The summed E-state index contributed by atoms with van der Waals surface area (Å²) < 4.78 is 3.04. The monoisotopic (exact) mass is 236 g/mol. The van der Waals surface area contributed by atoms with Gasteiger partial charge in [-0.15, -0.1) is 12.6 Å². The molecule has 1 nitrogen and oxygen atoms in total. The smallest absolute Gasteiger partial charge is 0.228 e. The molecule has 2 rings (SSSR count). The van der Waals surface area contributed by atoms with Crippen LogP contribution < -0.4 is 0 Å². The molecule has 1 heterocycles. The standard InChI is InChI=1S/C12H13NS2/c14-12(15)11(13-8-4-5-9-13)10-6-2-1-3-7-10/h1-3,6-7H,4-5,8-9H2/p+1. The van der Waals surface area contributed by atoms with Crippen LogP contribution in [0, 0.1) is 0 Å². The largest absolute Gasteiger partial charge is 0.231 e. The Morgan fingerprint density at radius 2 is 1.73 bits per heavy atom. The summed E-state index contributed by atoms with van der Waals surface area (Å²) in [5.41, 5.74) is 2.30. The molecule has 1 aromatic rings. The van der Waals surface area contributed by atoms with E-state index in [1.165, 1.54) is 18.4 Å². The van der Waals surface area contributed by atoms with Crippen molar-refractivity contribution in [2.24, 2.45) is 0 Å². The van der Waals surface area contributed by atoms with E-state index in [4.69, 9.17) is 12.2 Å². The van der Waals surface area contributed by atoms with Gasteiger partial charge in [0.2, 0.25) is 5.71 Å². The molecule has 0 amide bonds.